The van der Waals surface area contributed by atoms with Crippen molar-refractivity contribution in [1.82, 2.24) is 29.8 Å². The number of aromatic amines is 1. The van der Waals surface area contributed by atoms with E-state index in [4.69, 9.17) is 0 Å². The van der Waals surface area contributed by atoms with E-state index in [1.165, 1.54) is 10.6 Å². The minimum absolute atomic E-state index is 0.220. The zero-order valence-corrected chi connectivity index (χ0v) is 21.7. The fourth-order valence-electron chi connectivity index (χ4n) is 4.90. The van der Waals surface area contributed by atoms with E-state index in [0.717, 1.165) is 59.2 Å². The summed E-state index contributed by atoms with van der Waals surface area (Å²) in [5.74, 6) is 0.155. The Morgan fingerprint density at radius 2 is 1.71 bits per heavy atom. The summed E-state index contributed by atoms with van der Waals surface area (Å²) in [6.07, 6.45) is 6.37. The van der Waals surface area contributed by atoms with Crippen molar-refractivity contribution >= 4 is 0 Å². The lowest BCUT2D eigenvalue weighted by molar-refractivity contribution is 0.609. The molecule has 1 N–H and O–H groups in total. The molecule has 0 aliphatic heterocycles. The Kier molecular flexibility index (Phi) is 7.58. The summed E-state index contributed by atoms with van der Waals surface area (Å²) in [6.45, 7) is 4.54. The zero-order valence-electron chi connectivity index (χ0n) is 21.7. The molecule has 2 aromatic heterocycles. The number of aryl methyl sites for hydroxylation is 2. The molecule has 0 radical (unpaired) electrons. The second-order valence-corrected chi connectivity index (χ2v) is 9.40. The van der Waals surface area contributed by atoms with E-state index < -0.39 is 0 Å². The number of para-hydroxylation sites is 1. The van der Waals surface area contributed by atoms with Gasteiger partial charge in [0.05, 0.1) is 12.2 Å². The molecule has 0 saturated heterocycles. The van der Waals surface area contributed by atoms with Gasteiger partial charge in [0.2, 0.25) is 5.82 Å². The molecule has 5 rings (SSSR count). The van der Waals surface area contributed by atoms with Gasteiger partial charge in [-0.25, -0.2) is 9.18 Å². The summed E-state index contributed by atoms with van der Waals surface area (Å²) in [5.41, 5.74) is 5.75. The minimum atomic E-state index is -0.381. The molecule has 7 nitrogen and oxygen atoms in total. The Balaban J connectivity index is 1.49. The average Bonchev–Trinajstić information content (AvgIpc) is 3.58. The van der Waals surface area contributed by atoms with Gasteiger partial charge in [0.15, 0.2) is 0 Å². The summed E-state index contributed by atoms with van der Waals surface area (Å²) in [4.78, 5) is 13.6. The largest absolute Gasteiger partial charge is 0.333 e. The van der Waals surface area contributed by atoms with E-state index in [-0.39, 0.29) is 11.5 Å². The topological polar surface area (TPSA) is 81.4 Å². The summed E-state index contributed by atoms with van der Waals surface area (Å²) in [5, 5.41) is 14.4. The lowest BCUT2D eigenvalue weighted by atomic mass is 9.98. The van der Waals surface area contributed by atoms with Gasteiger partial charge >= 0.3 is 5.69 Å². The van der Waals surface area contributed by atoms with Crippen molar-refractivity contribution in [2.45, 2.75) is 52.5 Å². The van der Waals surface area contributed by atoms with Gasteiger partial charge in [-0.05, 0) is 52.8 Å². The minimum Gasteiger partial charge on any atom is -0.292 e. The Bertz CT molecular complexity index is 1570. The van der Waals surface area contributed by atoms with Crippen LogP contribution in [0.3, 0.4) is 0 Å². The van der Waals surface area contributed by atoms with Gasteiger partial charge in [0, 0.05) is 17.5 Å². The number of unbranched alkanes of at least 4 members (excludes halogenated alkanes) is 2. The molecular weight excluding hydrogens is 479 g/mol. The van der Waals surface area contributed by atoms with Crippen molar-refractivity contribution in [3.05, 3.63) is 106 Å². The number of halogens is 1. The molecule has 3 aromatic carbocycles. The molecule has 38 heavy (non-hydrogen) atoms. The first kappa shape index (κ1) is 25.3. The van der Waals surface area contributed by atoms with Gasteiger partial charge in [-0.2, -0.15) is 5.21 Å². The van der Waals surface area contributed by atoms with Crippen LogP contribution in [0.2, 0.25) is 0 Å². The van der Waals surface area contributed by atoms with Crippen LogP contribution in [0.15, 0.2) is 77.7 Å². The molecule has 0 saturated carbocycles. The number of H-pyrrole nitrogens is 1. The zero-order chi connectivity index (χ0) is 26.5. The van der Waals surface area contributed by atoms with Gasteiger partial charge in [-0.1, -0.05) is 87.4 Å². The normalized spacial score (nSPS) is 11.2. The molecule has 0 atom stereocenters. The third-order valence-corrected chi connectivity index (χ3v) is 6.91. The highest BCUT2D eigenvalue weighted by Gasteiger charge is 2.18. The molecule has 0 amide bonds. The number of imidazole rings is 1. The van der Waals surface area contributed by atoms with Gasteiger partial charge in [-0.3, -0.25) is 9.13 Å². The predicted octanol–water partition coefficient (Wildman–Crippen LogP) is 5.97. The van der Waals surface area contributed by atoms with E-state index in [0.29, 0.717) is 24.5 Å². The number of nitrogens with zero attached hydrogens (tertiary/aromatic N) is 5. The Morgan fingerprint density at radius 3 is 2.42 bits per heavy atom. The molecule has 0 spiro atoms. The first-order chi connectivity index (χ1) is 18.6. The predicted molar refractivity (Wildman–Crippen MR) is 147 cm³/mol. The van der Waals surface area contributed by atoms with Crippen LogP contribution < -0.4 is 5.69 Å². The van der Waals surface area contributed by atoms with Crippen LogP contribution in [0.5, 0.6) is 0 Å². The SMILES string of the molecule is CCCCCc1cn(-c2c(F)cccc2CC)c(=O)n1Cc1ccc(-c2ccccc2-c2nn[nH]n2)cc1. The second kappa shape index (κ2) is 11.4. The van der Waals surface area contributed by atoms with E-state index in [1.54, 1.807) is 10.6 Å². The lowest BCUT2D eigenvalue weighted by Crippen LogP contribution is -2.26. The highest BCUT2D eigenvalue weighted by Crippen LogP contribution is 2.30. The highest BCUT2D eigenvalue weighted by atomic mass is 19.1. The van der Waals surface area contributed by atoms with Crippen LogP contribution in [-0.2, 0) is 19.4 Å². The van der Waals surface area contributed by atoms with Gasteiger partial charge in [-0.15, -0.1) is 10.2 Å². The molecule has 0 bridgehead atoms. The Morgan fingerprint density at radius 1 is 0.921 bits per heavy atom. The van der Waals surface area contributed by atoms with Crippen molar-refractivity contribution in [1.29, 1.82) is 0 Å². The fraction of sp³-hybridized carbons (Fsp3) is 0.267. The number of hydrogen-bond acceptors (Lipinski definition) is 4. The van der Waals surface area contributed by atoms with E-state index >= 15 is 0 Å². The maximum atomic E-state index is 14.9. The third kappa shape index (κ3) is 5.07. The number of aromatic nitrogens is 6. The maximum absolute atomic E-state index is 14.9. The molecular formula is C30H31FN6O. The molecule has 2 heterocycles. The van der Waals surface area contributed by atoms with Gasteiger partial charge < -0.3 is 0 Å². The number of benzene rings is 3. The first-order valence-electron chi connectivity index (χ1n) is 13.1. The van der Waals surface area contributed by atoms with E-state index in [2.05, 4.69) is 27.5 Å². The molecule has 0 aliphatic carbocycles. The first-order valence-corrected chi connectivity index (χ1v) is 13.1. The Hall–Kier alpha value is -4.33. The standard InChI is InChI=1S/C30H31FN6O/c1-3-5-6-11-24-20-37(28-22(4-2)10-9-14-27(28)31)30(38)36(24)19-21-15-17-23(18-16-21)25-12-7-8-13-26(25)29-32-34-35-33-29/h7-10,12-18,20H,3-6,11,19H2,1-2H3,(H,32,33,34,35). The quantitative estimate of drug-likeness (QED) is 0.235. The molecule has 0 aliphatic rings. The summed E-state index contributed by atoms with van der Waals surface area (Å²) in [6, 6.07) is 21.0. The molecule has 8 heteroatoms. The molecule has 194 valence electrons. The van der Waals surface area contributed by atoms with Crippen LogP contribution in [0.1, 0.15) is 49.9 Å². The van der Waals surface area contributed by atoms with Crippen molar-refractivity contribution in [3.8, 4) is 28.2 Å². The monoisotopic (exact) mass is 510 g/mol. The number of hydrogen-bond donors (Lipinski definition) is 1. The average molecular weight is 511 g/mol. The summed E-state index contributed by atoms with van der Waals surface area (Å²) < 4.78 is 18.2. The maximum Gasteiger partial charge on any atom is 0.333 e. The van der Waals surface area contributed by atoms with Gasteiger partial charge in [0.25, 0.3) is 0 Å². The number of nitrogens with one attached hydrogen (secondary N) is 1. The van der Waals surface area contributed by atoms with Crippen LogP contribution >= 0.6 is 0 Å². The van der Waals surface area contributed by atoms with Crippen LogP contribution in [0.4, 0.5) is 4.39 Å². The smallest absolute Gasteiger partial charge is 0.292 e. The van der Waals surface area contributed by atoms with E-state index in [9.17, 15) is 9.18 Å². The third-order valence-electron chi connectivity index (χ3n) is 6.91. The fourth-order valence-corrected chi connectivity index (χ4v) is 4.90. The van der Waals surface area contributed by atoms with Crippen LogP contribution in [-0.4, -0.2) is 29.8 Å². The van der Waals surface area contributed by atoms with Crippen molar-refractivity contribution in [2.24, 2.45) is 0 Å². The summed E-state index contributed by atoms with van der Waals surface area (Å²) >= 11 is 0. The van der Waals surface area contributed by atoms with Crippen molar-refractivity contribution in [2.75, 3.05) is 0 Å². The molecule has 0 unspecified atom stereocenters. The Labute approximate surface area is 221 Å². The van der Waals surface area contributed by atoms with E-state index in [1.807, 2.05) is 67.7 Å². The number of rotatable bonds is 10. The molecule has 5 aromatic rings. The number of tetrazole rings is 1. The second-order valence-electron chi connectivity index (χ2n) is 9.40. The summed E-state index contributed by atoms with van der Waals surface area (Å²) in [7, 11) is 0. The molecule has 0 fully saturated rings. The van der Waals surface area contributed by atoms with Crippen molar-refractivity contribution < 1.29 is 4.39 Å². The van der Waals surface area contributed by atoms with Crippen LogP contribution in [0, 0.1) is 5.82 Å². The highest BCUT2D eigenvalue weighted by molar-refractivity contribution is 5.80. The lowest BCUT2D eigenvalue weighted by Gasteiger charge is -2.10. The van der Waals surface area contributed by atoms with Gasteiger partial charge in [0.1, 0.15) is 5.82 Å². The van der Waals surface area contributed by atoms with Crippen molar-refractivity contribution in [3.63, 3.8) is 0 Å². The van der Waals surface area contributed by atoms with Crippen LogP contribution in [0.25, 0.3) is 28.2 Å².